The molecule has 2 aromatic rings. The van der Waals surface area contributed by atoms with Gasteiger partial charge in [0, 0.05) is 12.6 Å². The molecule has 112 valence electrons. The third-order valence-corrected chi connectivity index (χ3v) is 3.67. The Balaban J connectivity index is 1.97. The Morgan fingerprint density at radius 1 is 0.952 bits per heavy atom. The Morgan fingerprint density at radius 3 is 2.19 bits per heavy atom. The third kappa shape index (κ3) is 4.61. The topological polar surface area (TPSA) is 21.3 Å². The van der Waals surface area contributed by atoms with Crippen molar-refractivity contribution in [2.45, 2.75) is 39.8 Å². The van der Waals surface area contributed by atoms with Crippen LogP contribution in [0.3, 0.4) is 0 Å². The van der Waals surface area contributed by atoms with E-state index in [4.69, 9.17) is 4.74 Å². The van der Waals surface area contributed by atoms with E-state index >= 15 is 0 Å². The zero-order valence-corrected chi connectivity index (χ0v) is 13.2. The molecule has 2 nitrogen and oxygen atoms in total. The van der Waals surface area contributed by atoms with Gasteiger partial charge in [-0.15, -0.1) is 0 Å². The van der Waals surface area contributed by atoms with Crippen molar-refractivity contribution < 1.29 is 4.74 Å². The summed E-state index contributed by atoms with van der Waals surface area (Å²) >= 11 is 0. The molecule has 1 N–H and O–H groups in total. The van der Waals surface area contributed by atoms with Crippen LogP contribution in [0.1, 0.15) is 43.0 Å². The summed E-state index contributed by atoms with van der Waals surface area (Å²) in [6, 6.07) is 17.5. The molecule has 0 radical (unpaired) electrons. The molecule has 0 aromatic heterocycles. The highest BCUT2D eigenvalue weighted by molar-refractivity contribution is 5.29. The number of rotatable bonds is 7. The van der Waals surface area contributed by atoms with E-state index in [2.05, 4.69) is 67.7 Å². The van der Waals surface area contributed by atoms with Gasteiger partial charge in [-0.3, -0.25) is 0 Å². The molecule has 0 aliphatic carbocycles. The summed E-state index contributed by atoms with van der Waals surface area (Å²) in [5.41, 5.74) is 3.94. The SMILES string of the molecule is CCOc1ccc(C(CC)NCc2ccc(C)cc2)cc1. The molecule has 0 fully saturated rings. The standard InChI is InChI=1S/C19H25NO/c1-4-19(17-10-12-18(13-11-17)21-5-2)20-14-16-8-6-15(3)7-9-16/h6-13,19-20H,4-5,14H2,1-3H3. The highest BCUT2D eigenvalue weighted by atomic mass is 16.5. The molecular formula is C19H25NO. The van der Waals surface area contributed by atoms with Crippen LogP contribution in [0.25, 0.3) is 0 Å². The lowest BCUT2D eigenvalue weighted by Gasteiger charge is -2.18. The molecule has 1 unspecified atom stereocenters. The Bertz CT molecular complexity index is 530. The van der Waals surface area contributed by atoms with Gasteiger partial charge in [0.2, 0.25) is 0 Å². The first-order valence-electron chi connectivity index (χ1n) is 7.74. The van der Waals surface area contributed by atoms with E-state index in [1.165, 1.54) is 16.7 Å². The molecule has 0 bridgehead atoms. The van der Waals surface area contributed by atoms with Gasteiger partial charge in [-0.1, -0.05) is 48.9 Å². The molecule has 0 aliphatic rings. The van der Waals surface area contributed by atoms with E-state index in [1.54, 1.807) is 0 Å². The van der Waals surface area contributed by atoms with E-state index in [9.17, 15) is 0 Å². The number of hydrogen-bond donors (Lipinski definition) is 1. The molecule has 0 amide bonds. The molecule has 0 saturated heterocycles. The molecule has 0 heterocycles. The lowest BCUT2D eigenvalue weighted by Crippen LogP contribution is -2.20. The van der Waals surface area contributed by atoms with Gasteiger partial charge in [0.15, 0.2) is 0 Å². The van der Waals surface area contributed by atoms with E-state index in [0.717, 1.165) is 18.7 Å². The van der Waals surface area contributed by atoms with Crippen molar-refractivity contribution in [3.63, 3.8) is 0 Å². The lowest BCUT2D eigenvalue weighted by atomic mass is 10.0. The van der Waals surface area contributed by atoms with Gasteiger partial charge >= 0.3 is 0 Å². The van der Waals surface area contributed by atoms with Gasteiger partial charge in [-0.2, -0.15) is 0 Å². The second-order valence-electron chi connectivity index (χ2n) is 5.33. The maximum Gasteiger partial charge on any atom is 0.119 e. The van der Waals surface area contributed by atoms with Crippen LogP contribution in [-0.2, 0) is 6.54 Å². The fourth-order valence-corrected chi connectivity index (χ4v) is 2.41. The van der Waals surface area contributed by atoms with Crippen LogP contribution in [0.2, 0.25) is 0 Å². The maximum absolute atomic E-state index is 5.49. The van der Waals surface area contributed by atoms with E-state index in [0.29, 0.717) is 12.6 Å². The monoisotopic (exact) mass is 283 g/mol. The lowest BCUT2D eigenvalue weighted by molar-refractivity contribution is 0.340. The first-order chi connectivity index (χ1) is 10.2. The molecule has 2 aromatic carbocycles. The highest BCUT2D eigenvalue weighted by Crippen LogP contribution is 2.20. The molecule has 2 rings (SSSR count). The van der Waals surface area contributed by atoms with Crippen molar-refractivity contribution in [1.29, 1.82) is 0 Å². The van der Waals surface area contributed by atoms with Crippen LogP contribution < -0.4 is 10.1 Å². The molecule has 2 heteroatoms. The van der Waals surface area contributed by atoms with Crippen LogP contribution >= 0.6 is 0 Å². The predicted octanol–water partition coefficient (Wildman–Crippen LogP) is 4.63. The summed E-state index contributed by atoms with van der Waals surface area (Å²) in [6.07, 6.45) is 1.07. The van der Waals surface area contributed by atoms with Crippen molar-refractivity contribution in [3.05, 3.63) is 65.2 Å². The number of ether oxygens (including phenoxy) is 1. The van der Waals surface area contributed by atoms with Gasteiger partial charge in [-0.05, 0) is 43.5 Å². The van der Waals surface area contributed by atoms with Gasteiger partial charge in [0.05, 0.1) is 6.61 Å². The summed E-state index contributed by atoms with van der Waals surface area (Å²) in [4.78, 5) is 0. The van der Waals surface area contributed by atoms with Crippen LogP contribution in [0, 0.1) is 6.92 Å². The zero-order valence-electron chi connectivity index (χ0n) is 13.2. The summed E-state index contributed by atoms with van der Waals surface area (Å²) in [5, 5.41) is 3.63. The van der Waals surface area contributed by atoms with Gasteiger partial charge in [0.25, 0.3) is 0 Å². The van der Waals surface area contributed by atoms with Crippen molar-refractivity contribution in [3.8, 4) is 5.75 Å². The van der Waals surface area contributed by atoms with Crippen molar-refractivity contribution >= 4 is 0 Å². The average molecular weight is 283 g/mol. The molecular weight excluding hydrogens is 258 g/mol. The smallest absolute Gasteiger partial charge is 0.119 e. The Labute approximate surface area is 128 Å². The van der Waals surface area contributed by atoms with Crippen LogP contribution in [0.15, 0.2) is 48.5 Å². The largest absolute Gasteiger partial charge is 0.494 e. The summed E-state index contributed by atoms with van der Waals surface area (Å²) in [7, 11) is 0. The fraction of sp³-hybridized carbons (Fsp3) is 0.368. The highest BCUT2D eigenvalue weighted by Gasteiger charge is 2.08. The molecule has 21 heavy (non-hydrogen) atoms. The van der Waals surface area contributed by atoms with E-state index in [-0.39, 0.29) is 0 Å². The first-order valence-corrected chi connectivity index (χ1v) is 7.74. The third-order valence-electron chi connectivity index (χ3n) is 3.67. The Hall–Kier alpha value is -1.80. The number of nitrogens with one attached hydrogen (secondary N) is 1. The average Bonchev–Trinajstić information content (AvgIpc) is 2.51. The van der Waals surface area contributed by atoms with Crippen LogP contribution in [0.5, 0.6) is 5.75 Å². The Morgan fingerprint density at radius 2 is 1.62 bits per heavy atom. The maximum atomic E-state index is 5.49. The summed E-state index contributed by atoms with van der Waals surface area (Å²) in [6.45, 7) is 7.94. The minimum Gasteiger partial charge on any atom is -0.494 e. The van der Waals surface area contributed by atoms with Crippen LogP contribution in [0.4, 0.5) is 0 Å². The predicted molar refractivity (Wildman–Crippen MR) is 88.7 cm³/mol. The quantitative estimate of drug-likeness (QED) is 0.799. The van der Waals surface area contributed by atoms with E-state index < -0.39 is 0 Å². The van der Waals surface area contributed by atoms with Crippen LogP contribution in [-0.4, -0.2) is 6.61 Å². The fourth-order valence-electron chi connectivity index (χ4n) is 2.41. The molecule has 0 saturated carbocycles. The molecule has 0 spiro atoms. The van der Waals surface area contributed by atoms with Gasteiger partial charge in [0.1, 0.15) is 5.75 Å². The number of hydrogen-bond acceptors (Lipinski definition) is 2. The van der Waals surface area contributed by atoms with Gasteiger partial charge < -0.3 is 10.1 Å². The Kier molecular flexibility index (Phi) is 5.82. The molecule has 0 aliphatic heterocycles. The van der Waals surface area contributed by atoms with Crippen molar-refractivity contribution in [2.75, 3.05) is 6.61 Å². The minimum absolute atomic E-state index is 0.377. The number of aryl methyl sites for hydroxylation is 1. The zero-order chi connectivity index (χ0) is 15.1. The summed E-state index contributed by atoms with van der Waals surface area (Å²) in [5.74, 6) is 0.939. The summed E-state index contributed by atoms with van der Waals surface area (Å²) < 4.78 is 5.49. The minimum atomic E-state index is 0.377. The second kappa shape index (κ2) is 7.84. The van der Waals surface area contributed by atoms with Gasteiger partial charge in [-0.25, -0.2) is 0 Å². The normalized spacial score (nSPS) is 12.1. The van der Waals surface area contributed by atoms with Crippen molar-refractivity contribution in [2.24, 2.45) is 0 Å². The van der Waals surface area contributed by atoms with E-state index in [1.807, 2.05) is 6.92 Å². The molecule has 1 atom stereocenters. The second-order valence-corrected chi connectivity index (χ2v) is 5.33. The van der Waals surface area contributed by atoms with Crippen molar-refractivity contribution in [1.82, 2.24) is 5.32 Å². The first kappa shape index (κ1) is 15.6. The number of benzene rings is 2.